The minimum absolute atomic E-state index is 0.244. The van der Waals surface area contributed by atoms with Gasteiger partial charge < -0.3 is 9.72 Å². The number of benzene rings is 1. The number of nitrogens with zero attached hydrogens (tertiary/aromatic N) is 1. The smallest absolute Gasteiger partial charge is 0.177 e. The number of imidazole rings is 1. The van der Waals surface area contributed by atoms with Crippen LogP contribution in [0.25, 0.3) is 11.0 Å². The number of sulfone groups is 1. The summed E-state index contributed by atoms with van der Waals surface area (Å²) in [6.45, 7) is 2.84. The highest BCUT2D eigenvalue weighted by Crippen LogP contribution is 2.21. The van der Waals surface area contributed by atoms with Crippen LogP contribution in [0.4, 0.5) is 0 Å². The maximum atomic E-state index is 11.6. The van der Waals surface area contributed by atoms with Gasteiger partial charge in [0.15, 0.2) is 9.84 Å². The summed E-state index contributed by atoms with van der Waals surface area (Å²) in [6.07, 6.45) is 1.18. The van der Waals surface area contributed by atoms with Crippen LogP contribution in [0, 0.1) is 0 Å². The van der Waals surface area contributed by atoms with Crippen LogP contribution in [0.5, 0.6) is 0 Å². The quantitative estimate of drug-likeness (QED) is 0.897. The number of nitrogens with one attached hydrogen (secondary N) is 1. The van der Waals surface area contributed by atoms with Crippen LogP contribution in [0.3, 0.4) is 0 Å². The molecular formula is C11H14N2O3S. The standard InChI is InChI=1S/C11H14N2O3S/c1-3-16-7-10-12-8-5-4-6-9(11(8)13-10)17(2,14)15/h4-6H,3,7H2,1-2H3,(H,12,13). The zero-order chi connectivity index (χ0) is 12.5. The van der Waals surface area contributed by atoms with Crippen LogP contribution in [0.2, 0.25) is 0 Å². The van der Waals surface area contributed by atoms with Crippen molar-refractivity contribution in [2.45, 2.75) is 18.4 Å². The van der Waals surface area contributed by atoms with Crippen LogP contribution in [0.15, 0.2) is 23.1 Å². The number of para-hydroxylation sites is 1. The lowest BCUT2D eigenvalue weighted by Gasteiger charge is -1.97. The molecule has 0 bridgehead atoms. The van der Waals surface area contributed by atoms with Gasteiger partial charge in [-0.2, -0.15) is 0 Å². The predicted molar refractivity (Wildman–Crippen MR) is 64.5 cm³/mol. The Hall–Kier alpha value is -1.40. The van der Waals surface area contributed by atoms with E-state index in [2.05, 4.69) is 9.97 Å². The first-order valence-electron chi connectivity index (χ1n) is 5.27. The van der Waals surface area contributed by atoms with Gasteiger partial charge in [0.2, 0.25) is 0 Å². The van der Waals surface area contributed by atoms with Gasteiger partial charge in [-0.1, -0.05) is 6.07 Å². The summed E-state index contributed by atoms with van der Waals surface area (Å²) in [5.74, 6) is 0.637. The van der Waals surface area contributed by atoms with E-state index in [9.17, 15) is 8.42 Å². The second-order valence-electron chi connectivity index (χ2n) is 3.75. The molecule has 17 heavy (non-hydrogen) atoms. The number of hydrogen-bond acceptors (Lipinski definition) is 4. The van der Waals surface area contributed by atoms with Crippen molar-refractivity contribution in [3.05, 3.63) is 24.0 Å². The summed E-state index contributed by atoms with van der Waals surface area (Å²) in [6, 6.07) is 5.05. The maximum Gasteiger partial charge on any atom is 0.177 e. The third kappa shape index (κ3) is 2.48. The van der Waals surface area contributed by atoms with Crippen LogP contribution >= 0.6 is 0 Å². The highest BCUT2D eigenvalue weighted by Gasteiger charge is 2.14. The van der Waals surface area contributed by atoms with E-state index in [0.717, 1.165) is 0 Å². The van der Waals surface area contributed by atoms with Crippen LogP contribution in [-0.4, -0.2) is 31.2 Å². The Labute approximate surface area is 99.7 Å². The van der Waals surface area contributed by atoms with E-state index >= 15 is 0 Å². The molecule has 0 saturated carbocycles. The van der Waals surface area contributed by atoms with E-state index in [1.165, 1.54) is 6.26 Å². The molecule has 5 nitrogen and oxygen atoms in total. The van der Waals surface area contributed by atoms with Gasteiger partial charge in [-0.3, -0.25) is 0 Å². The molecule has 0 spiro atoms. The number of hydrogen-bond donors (Lipinski definition) is 1. The minimum atomic E-state index is -3.26. The van der Waals surface area contributed by atoms with E-state index in [1.807, 2.05) is 6.92 Å². The highest BCUT2D eigenvalue weighted by atomic mass is 32.2. The molecule has 0 atom stereocenters. The first-order valence-corrected chi connectivity index (χ1v) is 7.17. The van der Waals surface area contributed by atoms with Crippen molar-refractivity contribution >= 4 is 20.9 Å². The molecule has 0 aliphatic heterocycles. The lowest BCUT2D eigenvalue weighted by atomic mass is 10.3. The third-order valence-electron chi connectivity index (χ3n) is 2.37. The molecular weight excluding hydrogens is 240 g/mol. The van der Waals surface area contributed by atoms with Gasteiger partial charge in [0.1, 0.15) is 17.9 Å². The Morgan fingerprint density at radius 3 is 2.82 bits per heavy atom. The van der Waals surface area contributed by atoms with Gasteiger partial charge in [-0.05, 0) is 19.1 Å². The fourth-order valence-electron chi connectivity index (χ4n) is 1.62. The Morgan fingerprint density at radius 1 is 1.41 bits per heavy atom. The van der Waals surface area contributed by atoms with E-state index in [0.29, 0.717) is 30.1 Å². The zero-order valence-corrected chi connectivity index (χ0v) is 10.5. The molecule has 0 saturated heterocycles. The molecule has 6 heteroatoms. The first-order chi connectivity index (χ1) is 8.02. The fraction of sp³-hybridized carbons (Fsp3) is 0.364. The molecule has 92 valence electrons. The van der Waals surface area contributed by atoms with E-state index in [4.69, 9.17) is 4.74 Å². The summed E-state index contributed by atoms with van der Waals surface area (Å²) in [5, 5.41) is 0. The van der Waals surface area contributed by atoms with Crippen molar-refractivity contribution in [2.75, 3.05) is 12.9 Å². The predicted octanol–water partition coefficient (Wildman–Crippen LogP) is 1.50. The monoisotopic (exact) mass is 254 g/mol. The molecule has 1 aromatic heterocycles. The molecule has 0 fully saturated rings. The Kier molecular flexibility index (Phi) is 3.17. The highest BCUT2D eigenvalue weighted by molar-refractivity contribution is 7.91. The summed E-state index contributed by atoms with van der Waals surface area (Å²) in [5.41, 5.74) is 1.19. The van der Waals surface area contributed by atoms with E-state index in [-0.39, 0.29) is 4.90 Å². The Balaban J connectivity index is 2.53. The van der Waals surface area contributed by atoms with Crippen molar-refractivity contribution in [1.82, 2.24) is 9.97 Å². The summed E-state index contributed by atoms with van der Waals surface area (Å²) < 4.78 is 28.4. The Morgan fingerprint density at radius 2 is 2.18 bits per heavy atom. The largest absolute Gasteiger partial charge is 0.374 e. The van der Waals surface area contributed by atoms with E-state index < -0.39 is 9.84 Å². The lowest BCUT2D eigenvalue weighted by Crippen LogP contribution is -1.98. The lowest BCUT2D eigenvalue weighted by molar-refractivity contribution is 0.129. The number of fused-ring (bicyclic) bond motifs is 1. The summed E-state index contributed by atoms with van der Waals surface area (Å²) in [4.78, 5) is 7.54. The Bertz CT molecular complexity index is 631. The normalized spacial score (nSPS) is 12.1. The summed E-state index contributed by atoms with van der Waals surface area (Å²) >= 11 is 0. The molecule has 2 aromatic rings. The third-order valence-corrected chi connectivity index (χ3v) is 3.50. The van der Waals surface area contributed by atoms with Crippen molar-refractivity contribution in [1.29, 1.82) is 0 Å². The van der Waals surface area contributed by atoms with Gasteiger partial charge in [-0.15, -0.1) is 0 Å². The second kappa shape index (κ2) is 4.46. The molecule has 0 aliphatic rings. The fourth-order valence-corrected chi connectivity index (χ4v) is 2.46. The molecule has 0 amide bonds. The summed E-state index contributed by atoms with van der Waals surface area (Å²) in [7, 11) is -3.26. The van der Waals surface area contributed by atoms with Crippen LogP contribution < -0.4 is 0 Å². The van der Waals surface area contributed by atoms with Crippen molar-refractivity contribution in [3.63, 3.8) is 0 Å². The van der Waals surface area contributed by atoms with Crippen LogP contribution in [-0.2, 0) is 21.2 Å². The number of aromatic nitrogens is 2. The molecule has 1 aromatic carbocycles. The van der Waals surface area contributed by atoms with Crippen molar-refractivity contribution < 1.29 is 13.2 Å². The van der Waals surface area contributed by atoms with Crippen LogP contribution in [0.1, 0.15) is 12.7 Å². The number of H-pyrrole nitrogens is 1. The maximum absolute atomic E-state index is 11.6. The number of aromatic amines is 1. The van der Waals surface area contributed by atoms with Crippen molar-refractivity contribution in [3.8, 4) is 0 Å². The minimum Gasteiger partial charge on any atom is -0.374 e. The first kappa shape index (κ1) is 12.1. The average Bonchev–Trinajstić information content (AvgIpc) is 2.66. The van der Waals surface area contributed by atoms with Gasteiger partial charge in [0.05, 0.1) is 10.4 Å². The molecule has 1 N–H and O–H groups in total. The zero-order valence-electron chi connectivity index (χ0n) is 9.73. The second-order valence-corrected chi connectivity index (χ2v) is 5.73. The van der Waals surface area contributed by atoms with Crippen molar-refractivity contribution in [2.24, 2.45) is 0 Å². The average molecular weight is 254 g/mol. The molecule has 2 rings (SSSR count). The van der Waals surface area contributed by atoms with Gasteiger partial charge in [0.25, 0.3) is 0 Å². The molecule has 0 aliphatic carbocycles. The topological polar surface area (TPSA) is 72.0 Å². The van der Waals surface area contributed by atoms with Gasteiger partial charge in [-0.25, -0.2) is 13.4 Å². The molecule has 1 heterocycles. The van der Waals surface area contributed by atoms with Gasteiger partial charge in [0, 0.05) is 12.9 Å². The van der Waals surface area contributed by atoms with E-state index in [1.54, 1.807) is 18.2 Å². The molecule has 0 radical (unpaired) electrons. The van der Waals surface area contributed by atoms with Gasteiger partial charge >= 0.3 is 0 Å². The molecule has 0 unspecified atom stereocenters. The number of rotatable bonds is 4. The number of ether oxygens (including phenoxy) is 1. The SMILES string of the molecule is CCOCc1nc2c(S(C)(=O)=O)cccc2[nH]1.